The number of aliphatic imine (C=N–C) groups is 1. The SMILES string of the molecule is CC(C)(C)NC(N)=NCCCN1CCN(c2ccccc2)CC1.I. The highest BCUT2D eigenvalue weighted by Crippen LogP contribution is 2.15. The highest BCUT2D eigenvalue weighted by Gasteiger charge is 2.16. The molecule has 0 amide bonds. The maximum absolute atomic E-state index is 5.88. The summed E-state index contributed by atoms with van der Waals surface area (Å²) in [6.45, 7) is 12.6. The lowest BCUT2D eigenvalue weighted by atomic mass is 10.1. The minimum atomic E-state index is -0.0264. The minimum absolute atomic E-state index is 0. The van der Waals surface area contributed by atoms with Crippen LogP contribution in [0.3, 0.4) is 0 Å². The van der Waals surface area contributed by atoms with Crippen molar-refractivity contribution in [3.63, 3.8) is 0 Å². The standard InChI is InChI=1S/C18H31N5.HI/c1-18(2,3)21-17(19)20-10-7-11-22-12-14-23(15-13-22)16-8-5-4-6-9-16;/h4-6,8-9H,7,10-15H2,1-3H3,(H3,19,20,21);1H. The number of nitrogens with one attached hydrogen (secondary N) is 1. The van der Waals surface area contributed by atoms with E-state index in [4.69, 9.17) is 5.73 Å². The van der Waals surface area contributed by atoms with Crippen molar-refractivity contribution in [3.8, 4) is 0 Å². The maximum Gasteiger partial charge on any atom is 0.188 e. The lowest BCUT2D eigenvalue weighted by Gasteiger charge is -2.36. The van der Waals surface area contributed by atoms with Crippen LogP contribution in [0, 0.1) is 0 Å². The van der Waals surface area contributed by atoms with Crippen molar-refractivity contribution in [2.24, 2.45) is 10.7 Å². The largest absolute Gasteiger partial charge is 0.370 e. The first kappa shape index (κ1) is 21.0. The van der Waals surface area contributed by atoms with Crippen LogP contribution in [-0.4, -0.2) is 55.7 Å². The molecule has 1 aromatic carbocycles. The molecule has 1 saturated heterocycles. The lowest BCUT2D eigenvalue weighted by molar-refractivity contribution is 0.256. The number of anilines is 1. The first-order valence-electron chi connectivity index (χ1n) is 8.54. The van der Waals surface area contributed by atoms with Gasteiger partial charge in [-0.1, -0.05) is 18.2 Å². The zero-order chi connectivity index (χ0) is 16.7. The summed E-state index contributed by atoms with van der Waals surface area (Å²) in [5.74, 6) is 0.548. The molecule has 6 heteroatoms. The summed E-state index contributed by atoms with van der Waals surface area (Å²) < 4.78 is 0. The predicted octanol–water partition coefficient (Wildman–Crippen LogP) is 2.52. The Morgan fingerprint density at radius 2 is 1.75 bits per heavy atom. The quantitative estimate of drug-likeness (QED) is 0.317. The number of nitrogens with two attached hydrogens (primary N) is 1. The zero-order valence-electron chi connectivity index (χ0n) is 15.2. The van der Waals surface area contributed by atoms with Gasteiger partial charge in [0, 0.05) is 50.5 Å². The Bertz CT molecular complexity index is 490. The van der Waals surface area contributed by atoms with Gasteiger partial charge in [-0.25, -0.2) is 0 Å². The number of halogens is 1. The molecule has 1 aromatic rings. The molecule has 0 aromatic heterocycles. The van der Waals surface area contributed by atoms with Gasteiger partial charge in [0.25, 0.3) is 0 Å². The van der Waals surface area contributed by atoms with E-state index in [1.807, 2.05) is 0 Å². The molecule has 3 N–H and O–H groups in total. The van der Waals surface area contributed by atoms with Gasteiger partial charge < -0.3 is 16.0 Å². The number of hydrogen-bond donors (Lipinski definition) is 2. The summed E-state index contributed by atoms with van der Waals surface area (Å²) in [4.78, 5) is 9.38. The second kappa shape index (κ2) is 10.1. The summed E-state index contributed by atoms with van der Waals surface area (Å²) >= 11 is 0. The molecule has 1 fully saturated rings. The number of benzene rings is 1. The van der Waals surface area contributed by atoms with E-state index in [0.717, 1.165) is 45.7 Å². The van der Waals surface area contributed by atoms with Crippen molar-refractivity contribution in [1.82, 2.24) is 10.2 Å². The summed E-state index contributed by atoms with van der Waals surface area (Å²) in [6.07, 6.45) is 1.05. The minimum Gasteiger partial charge on any atom is -0.370 e. The van der Waals surface area contributed by atoms with Gasteiger partial charge in [0.05, 0.1) is 0 Å². The van der Waals surface area contributed by atoms with Gasteiger partial charge in [0.2, 0.25) is 0 Å². The molecule has 0 atom stereocenters. The first-order valence-corrected chi connectivity index (χ1v) is 8.54. The van der Waals surface area contributed by atoms with Crippen molar-refractivity contribution in [1.29, 1.82) is 0 Å². The van der Waals surface area contributed by atoms with Crippen LogP contribution in [0.25, 0.3) is 0 Å². The Morgan fingerprint density at radius 3 is 2.33 bits per heavy atom. The van der Waals surface area contributed by atoms with Gasteiger partial charge >= 0.3 is 0 Å². The Hall–Kier alpha value is -1.02. The second-order valence-corrected chi connectivity index (χ2v) is 7.16. The van der Waals surface area contributed by atoms with E-state index in [0.29, 0.717) is 5.96 Å². The number of guanidine groups is 1. The molecule has 0 bridgehead atoms. The molecule has 0 saturated carbocycles. The van der Waals surface area contributed by atoms with E-state index in [1.54, 1.807) is 0 Å². The average Bonchev–Trinajstić information content (AvgIpc) is 2.51. The van der Waals surface area contributed by atoms with E-state index in [-0.39, 0.29) is 29.5 Å². The summed E-state index contributed by atoms with van der Waals surface area (Å²) in [5, 5.41) is 3.19. The maximum atomic E-state index is 5.88. The van der Waals surface area contributed by atoms with Crippen LogP contribution in [0.1, 0.15) is 27.2 Å². The molecular formula is C18H32IN5. The van der Waals surface area contributed by atoms with Crippen LogP contribution >= 0.6 is 24.0 Å². The van der Waals surface area contributed by atoms with Crippen LogP contribution in [0.15, 0.2) is 35.3 Å². The van der Waals surface area contributed by atoms with Gasteiger partial charge in [0.15, 0.2) is 5.96 Å². The molecular weight excluding hydrogens is 413 g/mol. The van der Waals surface area contributed by atoms with E-state index in [9.17, 15) is 0 Å². The Balaban J connectivity index is 0.00000288. The average molecular weight is 445 g/mol. The third-order valence-corrected chi connectivity index (χ3v) is 3.91. The van der Waals surface area contributed by atoms with Crippen molar-refractivity contribution in [2.75, 3.05) is 44.2 Å². The number of piperazine rings is 1. The molecule has 2 rings (SSSR count). The fourth-order valence-electron chi connectivity index (χ4n) is 2.79. The predicted molar refractivity (Wildman–Crippen MR) is 115 cm³/mol. The molecule has 5 nitrogen and oxygen atoms in total. The molecule has 0 aliphatic carbocycles. The molecule has 0 spiro atoms. The van der Waals surface area contributed by atoms with Crippen LogP contribution < -0.4 is 16.0 Å². The fraction of sp³-hybridized carbons (Fsp3) is 0.611. The van der Waals surface area contributed by atoms with Gasteiger partial charge in [0.1, 0.15) is 0 Å². The van der Waals surface area contributed by atoms with Crippen molar-refractivity contribution < 1.29 is 0 Å². The molecule has 136 valence electrons. The van der Waals surface area contributed by atoms with E-state index < -0.39 is 0 Å². The number of para-hydroxylation sites is 1. The molecule has 1 aliphatic rings. The summed E-state index contributed by atoms with van der Waals surface area (Å²) in [6, 6.07) is 10.7. The molecule has 0 unspecified atom stereocenters. The fourth-order valence-corrected chi connectivity index (χ4v) is 2.79. The third kappa shape index (κ3) is 7.70. The first-order chi connectivity index (χ1) is 10.9. The lowest BCUT2D eigenvalue weighted by Crippen LogP contribution is -2.47. The van der Waals surface area contributed by atoms with E-state index in [1.165, 1.54) is 5.69 Å². The number of nitrogens with zero attached hydrogens (tertiary/aromatic N) is 3. The van der Waals surface area contributed by atoms with Crippen LogP contribution in [0.2, 0.25) is 0 Å². The summed E-state index contributed by atoms with van der Waals surface area (Å²) in [5.41, 5.74) is 7.19. The van der Waals surface area contributed by atoms with E-state index >= 15 is 0 Å². The van der Waals surface area contributed by atoms with E-state index in [2.05, 4.69) is 71.2 Å². The van der Waals surface area contributed by atoms with Gasteiger partial charge in [-0.15, -0.1) is 24.0 Å². The van der Waals surface area contributed by atoms with Gasteiger partial charge in [-0.3, -0.25) is 9.89 Å². The monoisotopic (exact) mass is 445 g/mol. The third-order valence-electron chi connectivity index (χ3n) is 3.91. The summed E-state index contributed by atoms with van der Waals surface area (Å²) in [7, 11) is 0. The van der Waals surface area contributed by atoms with Crippen LogP contribution in [0.5, 0.6) is 0 Å². The second-order valence-electron chi connectivity index (χ2n) is 7.16. The highest BCUT2D eigenvalue weighted by molar-refractivity contribution is 14.0. The van der Waals surface area contributed by atoms with Crippen molar-refractivity contribution in [2.45, 2.75) is 32.7 Å². The smallest absolute Gasteiger partial charge is 0.188 e. The van der Waals surface area contributed by atoms with Gasteiger partial charge in [-0.2, -0.15) is 0 Å². The molecule has 0 radical (unpaired) electrons. The normalized spacial score (nSPS) is 16.6. The Labute approximate surface area is 163 Å². The Morgan fingerprint density at radius 1 is 1.12 bits per heavy atom. The number of rotatable bonds is 5. The molecule has 1 heterocycles. The van der Waals surface area contributed by atoms with Crippen LogP contribution in [-0.2, 0) is 0 Å². The van der Waals surface area contributed by atoms with Crippen LogP contribution in [0.4, 0.5) is 5.69 Å². The highest BCUT2D eigenvalue weighted by atomic mass is 127. The molecule has 1 aliphatic heterocycles. The van der Waals surface area contributed by atoms with Gasteiger partial charge in [-0.05, 0) is 39.3 Å². The molecule has 24 heavy (non-hydrogen) atoms. The number of hydrogen-bond acceptors (Lipinski definition) is 3. The zero-order valence-corrected chi connectivity index (χ0v) is 17.5. The van der Waals surface area contributed by atoms with Crippen molar-refractivity contribution >= 4 is 35.6 Å². The topological polar surface area (TPSA) is 56.9 Å². The van der Waals surface area contributed by atoms with Crippen molar-refractivity contribution in [3.05, 3.63) is 30.3 Å². The Kier molecular flexibility index (Phi) is 8.83.